The van der Waals surface area contributed by atoms with Crippen molar-refractivity contribution >= 4 is 11.6 Å². The number of fused-ring (bicyclic) bond motifs is 2. The molecule has 0 saturated carbocycles. The molecule has 20 heavy (non-hydrogen) atoms. The van der Waals surface area contributed by atoms with Gasteiger partial charge < -0.3 is 9.47 Å². The summed E-state index contributed by atoms with van der Waals surface area (Å²) in [7, 11) is 1.68. The van der Waals surface area contributed by atoms with Gasteiger partial charge in [0.1, 0.15) is 5.75 Å². The quantitative estimate of drug-likeness (QED) is 0.646. The number of ether oxygens (including phenoxy) is 2. The van der Waals surface area contributed by atoms with Gasteiger partial charge in [0.05, 0.1) is 19.3 Å². The Morgan fingerprint density at radius 3 is 2.95 bits per heavy atom. The van der Waals surface area contributed by atoms with Crippen LogP contribution in [0, 0.1) is 5.92 Å². The third-order valence-corrected chi connectivity index (χ3v) is 4.80. The Kier molecular flexibility index (Phi) is 4.17. The van der Waals surface area contributed by atoms with Crippen LogP contribution in [0.2, 0.25) is 5.02 Å². The zero-order valence-electron chi connectivity index (χ0n) is 11.6. The fourth-order valence-electron chi connectivity index (χ4n) is 3.58. The molecular formula is C15H21ClN2O2. The maximum atomic E-state index is 6.09. The molecule has 2 saturated heterocycles. The lowest BCUT2D eigenvalue weighted by atomic mass is 9.81. The normalized spacial score (nSPS) is 29.6. The Balaban J connectivity index is 1.76. The van der Waals surface area contributed by atoms with Crippen molar-refractivity contribution in [3.63, 3.8) is 0 Å². The van der Waals surface area contributed by atoms with Crippen LogP contribution in [0.3, 0.4) is 0 Å². The summed E-state index contributed by atoms with van der Waals surface area (Å²) in [5, 5.41) is 0.723. The van der Waals surface area contributed by atoms with Crippen LogP contribution >= 0.6 is 11.6 Å². The Morgan fingerprint density at radius 1 is 1.50 bits per heavy atom. The predicted octanol–water partition coefficient (Wildman–Crippen LogP) is 2.29. The summed E-state index contributed by atoms with van der Waals surface area (Å²) in [6.45, 7) is 0. The van der Waals surface area contributed by atoms with E-state index in [-0.39, 0.29) is 6.04 Å². The van der Waals surface area contributed by atoms with Crippen LogP contribution in [-0.4, -0.2) is 25.4 Å². The number of nitrogens with one attached hydrogen (secondary N) is 1. The van der Waals surface area contributed by atoms with Gasteiger partial charge in [0, 0.05) is 17.0 Å². The summed E-state index contributed by atoms with van der Waals surface area (Å²) in [5.41, 5.74) is 4.06. The zero-order chi connectivity index (χ0) is 14.1. The van der Waals surface area contributed by atoms with Crippen molar-refractivity contribution in [3.05, 3.63) is 28.8 Å². The van der Waals surface area contributed by atoms with Crippen LogP contribution in [-0.2, 0) is 11.2 Å². The molecule has 3 rings (SSSR count). The van der Waals surface area contributed by atoms with Crippen LogP contribution in [0.1, 0.15) is 24.8 Å². The number of methoxy groups -OCH3 is 1. The minimum Gasteiger partial charge on any atom is -0.496 e. The van der Waals surface area contributed by atoms with E-state index in [1.165, 1.54) is 6.42 Å². The molecule has 2 aliphatic rings. The van der Waals surface area contributed by atoms with Gasteiger partial charge in [0.15, 0.2) is 0 Å². The third-order valence-electron chi connectivity index (χ3n) is 4.57. The second-order valence-corrected chi connectivity index (χ2v) is 6.14. The molecule has 2 fully saturated rings. The summed E-state index contributed by atoms with van der Waals surface area (Å²) in [4.78, 5) is 0. The molecule has 110 valence electrons. The average Bonchev–Trinajstić information content (AvgIpc) is 3.07. The molecule has 0 spiro atoms. The Labute approximate surface area is 124 Å². The van der Waals surface area contributed by atoms with Crippen molar-refractivity contribution in [2.24, 2.45) is 11.8 Å². The standard InChI is InChI=1S/C15H21ClN2O2/c1-19-14-4-2-10(16)6-9(14)7-13(18-17)12-8-11-3-5-15(12)20-11/h2,4,6,11-13,15,18H,3,5,7-8,17H2,1H3. The minimum absolute atomic E-state index is 0.192. The number of nitrogens with two attached hydrogens (primary N) is 1. The molecule has 1 aromatic carbocycles. The van der Waals surface area contributed by atoms with Crippen molar-refractivity contribution in [3.8, 4) is 5.75 Å². The van der Waals surface area contributed by atoms with Gasteiger partial charge in [-0.1, -0.05) is 11.6 Å². The maximum absolute atomic E-state index is 6.09. The molecule has 0 radical (unpaired) electrons. The Bertz CT molecular complexity index is 483. The van der Waals surface area contributed by atoms with E-state index < -0.39 is 0 Å². The SMILES string of the molecule is COc1ccc(Cl)cc1CC(NN)C1CC2CCC1O2. The van der Waals surface area contributed by atoms with Crippen molar-refractivity contribution in [2.45, 2.75) is 43.9 Å². The minimum atomic E-state index is 0.192. The van der Waals surface area contributed by atoms with E-state index in [1.54, 1.807) is 7.11 Å². The largest absolute Gasteiger partial charge is 0.496 e. The van der Waals surface area contributed by atoms with Crippen molar-refractivity contribution in [1.82, 2.24) is 5.43 Å². The van der Waals surface area contributed by atoms with Crippen LogP contribution in [0.5, 0.6) is 5.75 Å². The number of rotatable bonds is 5. The molecule has 3 N–H and O–H groups in total. The highest BCUT2D eigenvalue weighted by Crippen LogP contribution is 2.41. The Hall–Kier alpha value is -0.810. The highest BCUT2D eigenvalue weighted by molar-refractivity contribution is 6.30. The average molecular weight is 297 g/mol. The first kappa shape index (κ1) is 14.1. The van der Waals surface area contributed by atoms with Gasteiger partial charge in [-0.2, -0.15) is 0 Å². The first-order chi connectivity index (χ1) is 9.71. The van der Waals surface area contributed by atoms with Crippen molar-refractivity contribution in [1.29, 1.82) is 0 Å². The fourth-order valence-corrected chi connectivity index (χ4v) is 3.77. The van der Waals surface area contributed by atoms with Crippen LogP contribution in [0.4, 0.5) is 0 Å². The Morgan fingerprint density at radius 2 is 2.35 bits per heavy atom. The number of hydrazine groups is 1. The van der Waals surface area contributed by atoms with Crippen LogP contribution in [0.25, 0.3) is 0 Å². The molecule has 2 heterocycles. The summed E-state index contributed by atoms with van der Waals surface area (Å²) < 4.78 is 11.3. The number of hydrogen-bond donors (Lipinski definition) is 2. The molecule has 2 aliphatic heterocycles. The molecule has 4 unspecified atom stereocenters. The number of halogens is 1. The highest BCUT2D eigenvalue weighted by atomic mass is 35.5. The molecule has 0 amide bonds. The maximum Gasteiger partial charge on any atom is 0.122 e. The van der Waals surface area contributed by atoms with E-state index in [4.69, 9.17) is 26.9 Å². The van der Waals surface area contributed by atoms with E-state index in [1.807, 2.05) is 18.2 Å². The van der Waals surface area contributed by atoms with E-state index in [2.05, 4.69) is 5.43 Å². The lowest BCUT2D eigenvalue weighted by molar-refractivity contribution is 0.0856. The smallest absolute Gasteiger partial charge is 0.122 e. The fraction of sp³-hybridized carbons (Fsp3) is 0.600. The highest BCUT2D eigenvalue weighted by Gasteiger charge is 2.44. The van der Waals surface area contributed by atoms with Gasteiger partial charge in [-0.15, -0.1) is 0 Å². The zero-order valence-corrected chi connectivity index (χ0v) is 12.4. The summed E-state index contributed by atoms with van der Waals surface area (Å²) >= 11 is 6.09. The molecular weight excluding hydrogens is 276 g/mol. The second-order valence-electron chi connectivity index (χ2n) is 5.71. The van der Waals surface area contributed by atoms with Gasteiger partial charge in [-0.3, -0.25) is 11.3 Å². The number of hydrogen-bond acceptors (Lipinski definition) is 4. The molecule has 5 heteroatoms. The second kappa shape index (κ2) is 5.90. The third kappa shape index (κ3) is 2.66. The van der Waals surface area contributed by atoms with Gasteiger partial charge in [0.25, 0.3) is 0 Å². The lowest BCUT2D eigenvalue weighted by Gasteiger charge is -2.28. The van der Waals surface area contributed by atoms with Crippen LogP contribution in [0.15, 0.2) is 18.2 Å². The van der Waals surface area contributed by atoms with E-state index in [0.717, 1.165) is 35.6 Å². The molecule has 4 nitrogen and oxygen atoms in total. The number of benzene rings is 1. The van der Waals surface area contributed by atoms with Crippen LogP contribution < -0.4 is 16.0 Å². The predicted molar refractivity (Wildman–Crippen MR) is 78.8 cm³/mol. The summed E-state index contributed by atoms with van der Waals surface area (Å²) in [5.74, 6) is 7.12. The van der Waals surface area contributed by atoms with E-state index in [0.29, 0.717) is 18.1 Å². The molecule has 2 bridgehead atoms. The first-order valence-electron chi connectivity index (χ1n) is 7.15. The topological polar surface area (TPSA) is 56.5 Å². The summed E-state index contributed by atoms with van der Waals surface area (Å²) in [6, 6.07) is 5.90. The van der Waals surface area contributed by atoms with E-state index in [9.17, 15) is 0 Å². The van der Waals surface area contributed by atoms with Gasteiger partial charge in [-0.05, 0) is 49.4 Å². The molecule has 0 aliphatic carbocycles. The lowest BCUT2D eigenvalue weighted by Crippen LogP contribution is -2.45. The van der Waals surface area contributed by atoms with Gasteiger partial charge in [-0.25, -0.2) is 0 Å². The monoisotopic (exact) mass is 296 g/mol. The molecule has 0 aromatic heterocycles. The van der Waals surface area contributed by atoms with Crippen molar-refractivity contribution < 1.29 is 9.47 Å². The van der Waals surface area contributed by atoms with Gasteiger partial charge in [0.2, 0.25) is 0 Å². The molecule has 1 aromatic rings. The first-order valence-corrected chi connectivity index (χ1v) is 7.53. The van der Waals surface area contributed by atoms with Gasteiger partial charge >= 0.3 is 0 Å². The molecule has 4 atom stereocenters. The van der Waals surface area contributed by atoms with Crippen molar-refractivity contribution in [2.75, 3.05) is 7.11 Å². The summed E-state index contributed by atoms with van der Waals surface area (Å²) in [6.07, 6.45) is 5.03. The van der Waals surface area contributed by atoms with E-state index >= 15 is 0 Å².